The Kier molecular flexibility index (Phi) is 4.67. The molecule has 0 radical (unpaired) electrons. The molecule has 7 nitrogen and oxygen atoms in total. The lowest BCUT2D eigenvalue weighted by Gasteiger charge is -2.22. The molecule has 0 spiro atoms. The summed E-state index contributed by atoms with van der Waals surface area (Å²) in [5, 5.41) is 7.32. The van der Waals surface area contributed by atoms with Crippen LogP contribution in [0.4, 0.5) is 5.82 Å². The SMILES string of the molecule is CO[C@@H]1C[C@@H](c2n[nH]c(C)n2)N(Cc2ccc(N3CCCC3)nc2)C1. The van der Waals surface area contributed by atoms with Gasteiger partial charge in [-0.15, -0.1) is 0 Å². The van der Waals surface area contributed by atoms with Gasteiger partial charge in [0.2, 0.25) is 0 Å². The van der Waals surface area contributed by atoms with Crippen LogP contribution in [-0.4, -0.2) is 57.9 Å². The topological polar surface area (TPSA) is 70.2 Å². The second kappa shape index (κ2) is 7.09. The van der Waals surface area contributed by atoms with E-state index in [1.807, 2.05) is 13.1 Å². The van der Waals surface area contributed by atoms with Crippen molar-refractivity contribution in [3.05, 3.63) is 35.5 Å². The van der Waals surface area contributed by atoms with Crippen LogP contribution in [0.2, 0.25) is 0 Å². The van der Waals surface area contributed by atoms with Crippen molar-refractivity contribution in [3.63, 3.8) is 0 Å². The Labute approximate surface area is 148 Å². The van der Waals surface area contributed by atoms with Gasteiger partial charge in [-0.1, -0.05) is 6.07 Å². The molecule has 2 atom stereocenters. The highest BCUT2D eigenvalue weighted by Gasteiger charge is 2.35. The Morgan fingerprint density at radius 3 is 2.76 bits per heavy atom. The molecule has 0 aliphatic carbocycles. The Hall–Kier alpha value is -1.99. The highest BCUT2D eigenvalue weighted by Crippen LogP contribution is 2.32. The number of aromatic amines is 1. The van der Waals surface area contributed by atoms with Crippen molar-refractivity contribution in [1.82, 2.24) is 25.1 Å². The third kappa shape index (κ3) is 3.52. The molecule has 0 saturated carbocycles. The molecule has 134 valence electrons. The molecule has 2 aliphatic rings. The van der Waals surface area contributed by atoms with E-state index in [1.54, 1.807) is 7.11 Å². The van der Waals surface area contributed by atoms with Crippen LogP contribution >= 0.6 is 0 Å². The maximum absolute atomic E-state index is 5.59. The maximum atomic E-state index is 5.59. The van der Waals surface area contributed by atoms with Gasteiger partial charge < -0.3 is 9.64 Å². The minimum absolute atomic E-state index is 0.188. The van der Waals surface area contributed by atoms with Gasteiger partial charge in [0.1, 0.15) is 11.6 Å². The number of rotatable bonds is 5. The van der Waals surface area contributed by atoms with Gasteiger partial charge in [-0.3, -0.25) is 10.00 Å². The van der Waals surface area contributed by atoms with E-state index in [1.165, 1.54) is 18.4 Å². The highest BCUT2D eigenvalue weighted by atomic mass is 16.5. The number of methoxy groups -OCH3 is 1. The number of nitrogens with one attached hydrogen (secondary N) is 1. The summed E-state index contributed by atoms with van der Waals surface area (Å²) in [4.78, 5) is 14.0. The first-order valence-corrected chi connectivity index (χ1v) is 9.08. The van der Waals surface area contributed by atoms with Crippen molar-refractivity contribution in [2.45, 2.75) is 44.9 Å². The van der Waals surface area contributed by atoms with E-state index in [2.05, 4.69) is 42.1 Å². The molecule has 2 saturated heterocycles. The molecule has 7 heteroatoms. The van der Waals surface area contributed by atoms with E-state index in [4.69, 9.17) is 4.74 Å². The van der Waals surface area contributed by atoms with Crippen LogP contribution < -0.4 is 4.90 Å². The number of aromatic nitrogens is 4. The lowest BCUT2D eigenvalue weighted by molar-refractivity contribution is 0.107. The molecule has 2 aromatic rings. The third-order valence-electron chi connectivity index (χ3n) is 5.24. The summed E-state index contributed by atoms with van der Waals surface area (Å²) in [6, 6.07) is 4.53. The predicted octanol–water partition coefficient (Wildman–Crippen LogP) is 2.07. The highest BCUT2D eigenvalue weighted by molar-refractivity contribution is 5.40. The second-order valence-electron chi connectivity index (χ2n) is 7.04. The van der Waals surface area contributed by atoms with Crippen LogP contribution in [0.1, 0.15) is 42.5 Å². The van der Waals surface area contributed by atoms with Crippen LogP contribution in [0.25, 0.3) is 0 Å². The molecule has 0 unspecified atom stereocenters. The molecular formula is C18H26N6O. The van der Waals surface area contributed by atoms with Crippen LogP contribution in [0.5, 0.6) is 0 Å². The molecule has 0 aromatic carbocycles. The first-order chi connectivity index (χ1) is 12.2. The zero-order chi connectivity index (χ0) is 17.2. The fraction of sp³-hybridized carbons (Fsp3) is 0.611. The normalized spacial score (nSPS) is 24.3. The van der Waals surface area contributed by atoms with Crippen LogP contribution in [0.15, 0.2) is 18.3 Å². The smallest absolute Gasteiger partial charge is 0.167 e. The van der Waals surface area contributed by atoms with Gasteiger partial charge in [-0.05, 0) is 37.8 Å². The van der Waals surface area contributed by atoms with Gasteiger partial charge in [0.25, 0.3) is 0 Å². The molecule has 0 amide bonds. The van der Waals surface area contributed by atoms with E-state index in [0.29, 0.717) is 0 Å². The van der Waals surface area contributed by atoms with Crippen molar-refractivity contribution >= 4 is 5.82 Å². The molecule has 25 heavy (non-hydrogen) atoms. The van der Waals surface area contributed by atoms with E-state index in [-0.39, 0.29) is 12.1 Å². The van der Waals surface area contributed by atoms with Crippen molar-refractivity contribution in [2.75, 3.05) is 31.6 Å². The van der Waals surface area contributed by atoms with Gasteiger partial charge in [0.05, 0.1) is 12.1 Å². The van der Waals surface area contributed by atoms with E-state index in [0.717, 1.165) is 50.1 Å². The Balaban J connectivity index is 1.47. The quantitative estimate of drug-likeness (QED) is 0.897. The molecule has 4 rings (SSSR count). The average molecular weight is 342 g/mol. The number of ether oxygens (including phenoxy) is 1. The molecule has 2 aliphatic heterocycles. The minimum atomic E-state index is 0.188. The lowest BCUT2D eigenvalue weighted by Crippen LogP contribution is -2.25. The summed E-state index contributed by atoms with van der Waals surface area (Å²) in [7, 11) is 1.78. The van der Waals surface area contributed by atoms with Crippen LogP contribution in [0.3, 0.4) is 0 Å². The summed E-state index contributed by atoms with van der Waals surface area (Å²) in [5.41, 5.74) is 1.22. The van der Waals surface area contributed by atoms with Gasteiger partial charge in [0, 0.05) is 39.5 Å². The molecule has 2 aromatic heterocycles. The monoisotopic (exact) mass is 342 g/mol. The summed E-state index contributed by atoms with van der Waals surface area (Å²) < 4.78 is 5.59. The molecule has 4 heterocycles. The van der Waals surface area contributed by atoms with Gasteiger partial charge in [0.15, 0.2) is 5.82 Å². The van der Waals surface area contributed by atoms with E-state index < -0.39 is 0 Å². The van der Waals surface area contributed by atoms with Crippen molar-refractivity contribution in [3.8, 4) is 0 Å². The minimum Gasteiger partial charge on any atom is -0.380 e. The van der Waals surface area contributed by atoms with E-state index in [9.17, 15) is 0 Å². The predicted molar refractivity (Wildman–Crippen MR) is 95.4 cm³/mol. The van der Waals surface area contributed by atoms with E-state index >= 15 is 0 Å². The molecule has 0 bridgehead atoms. The first kappa shape index (κ1) is 16.5. The largest absolute Gasteiger partial charge is 0.380 e. The number of H-pyrrole nitrogens is 1. The fourth-order valence-corrected chi connectivity index (χ4v) is 3.86. The van der Waals surface area contributed by atoms with Crippen molar-refractivity contribution < 1.29 is 4.74 Å². The number of anilines is 1. The average Bonchev–Trinajstić information content (AvgIpc) is 3.36. The maximum Gasteiger partial charge on any atom is 0.167 e. The molecule has 2 fully saturated rings. The zero-order valence-electron chi connectivity index (χ0n) is 15.0. The van der Waals surface area contributed by atoms with Gasteiger partial charge in [-0.2, -0.15) is 5.10 Å². The zero-order valence-corrected chi connectivity index (χ0v) is 15.0. The molecule has 1 N–H and O–H groups in total. The van der Waals surface area contributed by atoms with Gasteiger partial charge >= 0.3 is 0 Å². The summed E-state index contributed by atoms with van der Waals surface area (Å²) >= 11 is 0. The number of nitrogens with zero attached hydrogens (tertiary/aromatic N) is 5. The van der Waals surface area contributed by atoms with Crippen LogP contribution in [-0.2, 0) is 11.3 Å². The third-order valence-corrected chi connectivity index (χ3v) is 5.24. The number of hydrogen-bond donors (Lipinski definition) is 1. The number of pyridine rings is 1. The Bertz CT molecular complexity index is 694. The number of hydrogen-bond acceptors (Lipinski definition) is 6. The lowest BCUT2D eigenvalue weighted by atomic mass is 10.2. The van der Waals surface area contributed by atoms with Crippen LogP contribution in [0, 0.1) is 6.92 Å². The van der Waals surface area contributed by atoms with Crippen molar-refractivity contribution in [1.29, 1.82) is 0 Å². The first-order valence-electron chi connectivity index (χ1n) is 9.08. The summed E-state index contributed by atoms with van der Waals surface area (Å²) in [5.74, 6) is 2.81. The summed E-state index contributed by atoms with van der Waals surface area (Å²) in [6.07, 6.45) is 5.70. The Morgan fingerprint density at radius 1 is 1.28 bits per heavy atom. The molecular weight excluding hydrogens is 316 g/mol. The number of likely N-dealkylation sites (tertiary alicyclic amines) is 1. The van der Waals surface area contributed by atoms with Crippen molar-refractivity contribution in [2.24, 2.45) is 0 Å². The second-order valence-corrected chi connectivity index (χ2v) is 7.04. The Morgan fingerprint density at radius 2 is 2.12 bits per heavy atom. The van der Waals surface area contributed by atoms with Gasteiger partial charge in [-0.25, -0.2) is 9.97 Å². The standard InChI is InChI=1S/C18H26N6O/c1-13-20-18(22-21-13)16-9-15(25-2)12-24(16)11-14-5-6-17(19-10-14)23-7-3-4-8-23/h5-6,10,15-16H,3-4,7-9,11-12H2,1-2H3,(H,20,21,22)/t15-,16+/m1/s1. The number of aryl methyl sites for hydroxylation is 1. The fourth-order valence-electron chi connectivity index (χ4n) is 3.86. The summed E-state index contributed by atoms with van der Waals surface area (Å²) in [6.45, 7) is 5.92.